The Bertz CT molecular complexity index is 597. The molecule has 0 saturated carbocycles. The van der Waals surface area contributed by atoms with E-state index in [4.69, 9.17) is 0 Å². The predicted molar refractivity (Wildman–Crippen MR) is 90.0 cm³/mol. The van der Waals surface area contributed by atoms with Gasteiger partial charge in [-0.1, -0.05) is 12.1 Å². The summed E-state index contributed by atoms with van der Waals surface area (Å²) in [7, 11) is 0. The summed E-state index contributed by atoms with van der Waals surface area (Å²) < 4.78 is 14.5. The number of nitrogens with one attached hydrogen (secondary N) is 1. The molecule has 1 N–H and O–H groups in total. The van der Waals surface area contributed by atoms with Crippen LogP contribution in [0.3, 0.4) is 0 Å². The van der Waals surface area contributed by atoms with Gasteiger partial charge in [0.2, 0.25) is 0 Å². The smallest absolute Gasteiger partial charge is 0.151 e. The monoisotopic (exact) mass is 398 g/mol. The van der Waals surface area contributed by atoms with E-state index in [0.717, 1.165) is 35.4 Å². The van der Waals surface area contributed by atoms with E-state index in [2.05, 4.69) is 43.0 Å². The molecule has 21 heavy (non-hydrogen) atoms. The van der Waals surface area contributed by atoms with Gasteiger partial charge in [0, 0.05) is 19.1 Å². The number of rotatable bonds is 3. The van der Waals surface area contributed by atoms with Crippen molar-refractivity contribution in [2.24, 2.45) is 0 Å². The van der Waals surface area contributed by atoms with Crippen LogP contribution < -0.4 is 10.2 Å². The highest BCUT2D eigenvalue weighted by Gasteiger charge is 2.20. The largest absolute Gasteiger partial charge is 0.380 e. The normalized spacial score (nSPS) is 16.0. The van der Waals surface area contributed by atoms with E-state index in [1.165, 1.54) is 6.07 Å². The van der Waals surface area contributed by atoms with Crippen LogP contribution in [0.15, 0.2) is 36.4 Å². The lowest BCUT2D eigenvalue weighted by molar-refractivity contribution is 0.518. The molecule has 4 nitrogen and oxygen atoms in total. The molecule has 3 rings (SSSR count). The number of para-hydroxylation sites is 1. The second-order valence-electron chi connectivity index (χ2n) is 5.10. The number of anilines is 2. The first-order valence-corrected chi connectivity index (χ1v) is 8.05. The fraction of sp³-hybridized carbons (Fsp3) is 0.333. The molecule has 1 saturated heterocycles. The molecule has 0 bridgehead atoms. The molecule has 0 spiro atoms. The summed E-state index contributed by atoms with van der Waals surface area (Å²) in [5.41, 5.74) is 0.588. The molecule has 0 atom stereocenters. The standard InChI is InChI=1S/C15H16FIN4/c16-12-3-1-2-4-13(12)18-11-7-9-21(10-8-11)15-6-5-14(17)19-20-15/h1-6,11,18H,7-10H2. The predicted octanol–water partition coefficient (Wildman–Crippen LogP) is 3.30. The molecule has 0 aliphatic carbocycles. The van der Waals surface area contributed by atoms with Gasteiger partial charge in [-0.05, 0) is 59.7 Å². The number of nitrogens with zero attached hydrogens (tertiary/aromatic N) is 3. The van der Waals surface area contributed by atoms with Crippen molar-refractivity contribution in [3.05, 3.63) is 45.9 Å². The average Bonchev–Trinajstić information content (AvgIpc) is 2.51. The number of hydrogen-bond donors (Lipinski definition) is 1. The number of halogens is 2. The maximum atomic E-state index is 13.6. The Morgan fingerprint density at radius 2 is 1.86 bits per heavy atom. The highest BCUT2D eigenvalue weighted by atomic mass is 127. The summed E-state index contributed by atoms with van der Waals surface area (Å²) in [6, 6.07) is 11.1. The third-order valence-electron chi connectivity index (χ3n) is 3.67. The summed E-state index contributed by atoms with van der Waals surface area (Å²) in [6.07, 6.45) is 1.92. The molecule has 2 aromatic rings. The molecular formula is C15H16FIN4. The Kier molecular flexibility index (Phi) is 4.52. The number of benzene rings is 1. The lowest BCUT2D eigenvalue weighted by Crippen LogP contribution is -2.39. The zero-order valence-electron chi connectivity index (χ0n) is 11.5. The van der Waals surface area contributed by atoms with Crippen LogP contribution >= 0.6 is 22.6 Å². The summed E-state index contributed by atoms with van der Waals surface area (Å²) in [6.45, 7) is 1.81. The van der Waals surface area contributed by atoms with Crippen molar-refractivity contribution >= 4 is 34.1 Å². The lowest BCUT2D eigenvalue weighted by atomic mass is 10.0. The molecule has 1 aliphatic heterocycles. The third kappa shape index (κ3) is 3.61. The van der Waals surface area contributed by atoms with Crippen molar-refractivity contribution in [1.82, 2.24) is 10.2 Å². The molecule has 1 fully saturated rings. The quantitative estimate of drug-likeness (QED) is 0.806. The summed E-state index contributed by atoms with van der Waals surface area (Å²) >= 11 is 2.15. The molecule has 6 heteroatoms. The van der Waals surface area contributed by atoms with Crippen molar-refractivity contribution in [3.63, 3.8) is 0 Å². The molecule has 0 amide bonds. The Hall–Kier alpha value is -1.44. The molecule has 1 aliphatic rings. The van der Waals surface area contributed by atoms with E-state index in [1.54, 1.807) is 12.1 Å². The minimum atomic E-state index is -0.191. The summed E-state index contributed by atoms with van der Waals surface area (Å²) in [4.78, 5) is 2.22. The Morgan fingerprint density at radius 3 is 2.52 bits per heavy atom. The van der Waals surface area contributed by atoms with Crippen LogP contribution in [0, 0.1) is 9.52 Å². The topological polar surface area (TPSA) is 41.0 Å². The van der Waals surface area contributed by atoms with Gasteiger partial charge in [0.05, 0.1) is 5.69 Å². The third-order valence-corrected chi connectivity index (χ3v) is 4.25. The SMILES string of the molecule is Fc1ccccc1NC1CCN(c2ccc(I)nn2)CC1. The molecule has 1 aromatic heterocycles. The van der Waals surface area contributed by atoms with Gasteiger partial charge in [-0.2, -0.15) is 0 Å². The second-order valence-corrected chi connectivity index (χ2v) is 6.21. The van der Waals surface area contributed by atoms with Crippen molar-refractivity contribution < 1.29 is 4.39 Å². The van der Waals surface area contributed by atoms with Crippen LogP contribution in [0.25, 0.3) is 0 Å². The fourth-order valence-electron chi connectivity index (χ4n) is 2.53. The molecule has 0 radical (unpaired) electrons. The maximum Gasteiger partial charge on any atom is 0.151 e. The second kappa shape index (κ2) is 6.55. The van der Waals surface area contributed by atoms with E-state index in [0.29, 0.717) is 11.7 Å². The van der Waals surface area contributed by atoms with Crippen LogP contribution in [0.4, 0.5) is 15.9 Å². The van der Waals surface area contributed by atoms with Crippen LogP contribution in [0.2, 0.25) is 0 Å². The number of hydrogen-bond acceptors (Lipinski definition) is 4. The van der Waals surface area contributed by atoms with Crippen LogP contribution in [0.5, 0.6) is 0 Å². The van der Waals surface area contributed by atoms with Gasteiger partial charge in [0.15, 0.2) is 5.82 Å². The van der Waals surface area contributed by atoms with E-state index in [9.17, 15) is 4.39 Å². The molecular weight excluding hydrogens is 382 g/mol. The first-order valence-electron chi connectivity index (χ1n) is 6.97. The van der Waals surface area contributed by atoms with E-state index < -0.39 is 0 Å². The molecule has 1 aromatic carbocycles. The van der Waals surface area contributed by atoms with Crippen molar-refractivity contribution in [2.45, 2.75) is 18.9 Å². The lowest BCUT2D eigenvalue weighted by Gasteiger charge is -2.33. The maximum absolute atomic E-state index is 13.6. The Labute approximate surface area is 136 Å². The highest BCUT2D eigenvalue weighted by Crippen LogP contribution is 2.21. The van der Waals surface area contributed by atoms with Gasteiger partial charge in [0.25, 0.3) is 0 Å². The van der Waals surface area contributed by atoms with Crippen molar-refractivity contribution in [2.75, 3.05) is 23.3 Å². The summed E-state index contributed by atoms with van der Waals surface area (Å²) in [5, 5.41) is 11.6. The van der Waals surface area contributed by atoms with Crippen LogP contribution in [-0.4, -0.2) is 29.3 Å². The van der Waals surface area contributed by atoms with Crippen molar-refractivity contribution in [1.29, 1.82) is 0 Å². The van der Waals surface area contributed by atoms with Gasteiger partial charge in [-0.15, -0.1) is 10.2 Å². The minimum absolute atomic E-state index is 0.191. The first-order chi connectivity index (χ1) is 10.2. The van der Waals surface area contributed by atoms with Crippen LogP contribution in [0.1, 0.15) is 12.8 Å². The number of piperidine rings is 1. The van der Waals surface area contributed by atoms with Gasteiger partial charge in [-0.3, -0.25) is 0 Å². The zero-order valence-corrected chi connectivity index (χ0v) is 13.6. The minimum Gasteiger partial charge on any atom is -0.380 e. The summed E-state index contributed by atoms with van der Waals surface area (Å²) in [5.74, 6) is 0.725. The van der Waals surface area contributed by atoms with Gasteiger partial charge in [-0.25, -0.2) is 4.39 Å². The van der Waals surface area contributed by atoms with Crippen molar-refractivity contribution in [3.8, 4) is 0 Å². The Morgan fingerprint density at radius 1 is 1.10 bits per heavy atom. The zero-order chi connectivity index (χ0) is 14.7. The van der Waals surface area contributed by atoms with Gasteiger partial charge in [0.1, 0.15) is 9.52 Å². The molecule has 110 valence electrons. The Balaban J connectivity index is 1.58. The number of aromatic nitrogens is 2. The first kappa shape index (κ1) is 14.5. The fourth-order valence-corrected chi connectivity index (χ4v) is 2.82. The van der Waals surface area contributed by atoms with E-state index >= 15 is 0 Å². The van der Waals surface area contributed by atoms with Gasteiger partial charge >= 0.3 is 0 Å². The van der Waals surface area contributed by atoms with Crippen LogP contribution in [-0.2, 0) is 0 Å². The van der Waals surface area contributed by atoms with E-state index in [1.807, 2.05) is 18.2 Å². The highest BCUT2D eigenvalue weighted by molar-refractivity contribution is 14.1. The molecule has 2 heterocycles. The average molecular weight is 398 g/mol. The van der Waals surface area contributed by atoms with E-state index in [-0.39, 0.29) is 5.82 Å². The molecule has 0 unspecified atom stereocenters. The van der Waals surface area contributed by atoms with Gasteiger partial charge < -0.3 is 10.2 Å².